The van der Waals surface area contributed by atoms with Crippen LogP contribution in [-0.4, -0.2) is 21.4 Å². The molecule has 3 N–H and O–H groups in total. The highest BCUT2D eigenvalue weighted by molar-refractivity contribution is 7.92. The van der Waals surface area contributed by atoms with Crippen LogP contribution in [0, 0.1) is 0 Å². The van der Waals surface area contributed by atoms with Gasteiger partial charge in [0.1, 0.15) is 15.7 Å². The monoisotopic (exact) mass is 374 g/mol. The van der Waals surface area contributed by atoms with Crippen LogP contribution in [0.25, 0.3) is 0 Å². The van der Waals surface area contributed by atoms with E-state index in [2.05, 4.69) is 4.72 Å². The predicted molar refractivity (Wildman–Crippen MR) is 88.8 cm³/mol. The lowest BCUT2D eigenvalue weighted by atomic mass is 10.2. The number of anilines is 1. The molecule has 2 aromatic carbocycles. The van der Waals surface area contributed by atoms with Crippen LogP contribution in [0.2, 0.25) is 10.0 Å². The molecule has 0 atom stereocenters. The number of amides is 1. The van der Waals surface area contributed by atoms with Crippen LogP contribution in [0.3, 0.4) is 0 Å². The molecule has 122 valence electrons. The van der Waals surface area contributed by atoms with Gasteiger partial charge in [0, 0.05) is 0 Å². The number of sulfonamides is 1. The molecule has 0 aromatic heterocycles. The van der Waals surface area contributed by atoms with Crippen LogP contribution < -0.4 is 15.2 Å². The van der Waals surface area contributed by atoms with Crippen LogP contribution in [0.5, 0.6) is 5.75 Å². The molecule has 0 fully saturated rings. The summed E-state index contributed by atoms with van der Waals surface area (Å²) < 4.78 is 32.3. The molecular formula is C14H12Cl2N2O4S. The fourth-order valence-corrected chi connectivity index (χ4v) is 3.79. The van der Waals surface area contributed by atoms with E-state index in [0.29, 0.717) is 0 Å². The number of hydrogen-bond acceptors (Lipinski definition) is 4. The molecule has 0 aliphatic heterocycles. The van der Waals surface area contributed by atoms with Crippen molar-refractivity contribution in [2.75, 3.05) is 11.8 Å². The third kappa shape index (κ3) is 3.52. The van der Waals surface area contributed by atoms with E-state index in [1.807, 2.05) is 0 Å². The van der Waals surface area contributed by atoms with Gasteiger partial charge in [-0.3, -0.25) is 9.52 Å². The number of carbonyl (C=O) groups is 1. The summed E-state index contributed by atoms with van der Waals surface area (Å²) in [5.74, 6) is -0.518. The van der Waals surface area contributed by atoms with Gasteiger partial charge in [-0.15, -0.1) is 0 Å². The minimum absolute atomic E-state index is 0.0276. The van der Waals surface area contributed by atoms with Crippen LogP contribution >= 0.6 is 23.2 Å². The Morgan fingerprint density at radius 2 is 1.78 bits per heavy atom. The number of halogens is 2. The van der Waals surface area contributed by atoms with E-state index >= 15 is 0 Å². The average molecular weight is 375 g/mol. The number of nitrogens with one attached hydrogen (secondary N) is 1. The second-order valence-electron chi connectivity index (χ2n) is 4.41. The summed E-state index contributed by atoms with van der Waals surface area (Å²) in [6.45, 7) is 0. The lowest BCUT2D eigenvalue weighted by Crippen LogP contribution is -2.19. The first-order valence-corrected chi connectivity index (χ1v) is 8.45. The summed E-state index contributed by atoms with van der Waals surface area (Å²) in [6.07, 6.45) is 0. The van der Waals surface area contributed by atoms with Crippen molar-refractivity contribution in [2.24, 2.45) is 5.73 Å². The van der Waals surface area contributed by atoms with E-state index in [1.54, 1.807) is 12.1 Å². The third-order valence-corrected chi connectivity index (χ3v) is 5.34. The van der Waals surface area contributed by atoms with Crippen LogP contribution in [0.1, 0.15) is 10.4 Å². The summed E-state index contributed by atoms with van der Waals surface area (Å²) in [5, 5.41) is -0.213. The molecule has 0 saturated carbocycles. The van der Waals surface area contributed by atoms with E-state index in [1.165, 1.54) is 31.4 Å². The van der Waals surface area contributed by atoms with Gasteiger partial charge in [0.2, 0.25) is 0 Å². The molecule has 2 rings (SSSR count). The number of hydrogen-bond donors (Lipinski definition) is 2. The normalized spacial score (nSPS) is 11.1. The number of ether oxygens (including phenoxy) is 1. The summed E-state index contributed by atoms with van der Waals surface area (Å²) in [5.41, 5.74) is 5.31. The molecule has 0 saturated heterocycles. The molecule has 0 spiro atoms. The Kier molecular flexibility index (Phi) is 5.03. The third-order valence-electron chi connectivity index (χ3n) is 2.96. The van der Waals surface area contributed by atoms with Crippen molar-refractivity contribution in [1.82, 2.24) is 0 Å². The van der Waals surface area contributed by atoms with Gasteiger partial charge >= 0.3 is 0 Å². The van der Waals surface area contributed by atoms with Gasteiger partial charge in [-0.1, -0.05) is 35.3 Å². The van der Waals surface area contributed by atoms with Crippen molar-refractivity contribution >= 4 is 44.8 Å². The summed E-state index contributed by atoms with van der Waals surface area (Å²) >= 11 is 12.0. The first kappa shape index (κ1) is 17.4. The molecule has 0 radical (unpaired) electrons. The predicted octanol–water partition coefficient (Wildman–Crippen LogP) is 2.90. The molecule has 9 heteroatoms. The second kappa shape index (κ2) is 6.66. The Labute approximate surface area is 143 Å². The highest BCUT2D eigenvalue weighted by atomic mass is 35.5. The number of methoxy groups -OCH3 is 1. The molecule has 6 nitrogen and oxygen atoms in total. The Morgan fingerprint density at radius 3 is 2.39 bits per heavy atom. The Hall–Kier alpha value is -1.96. The molecule has 23 heavy (non-hydrogen) atoms. The molecule has 0 aliphatic carbocycles. The van der Waals surface area contributed by atoms with E-state index in [-0.39, 0.29) is 31.9 Å². The van der Waals surface area contributed by atoms with E-state index in [4.69, 9.17) is 33.7 Å². The number of rotatable bonds is 5. The Balaban J connectivity index is 2.49. The molecule has 0 bridgehead atoms. The molecule has 0 aliphatic rings. The number of primary amides is 1. The van der Waals surface area contributed by atoms with Crippen LogP contribution in [0.15, 0.2) is 41.3 Å². The molecule has 1 amide bonds. The molecule has 2 aromatic rings. The van der Waals surface area contributed by atoms with Crippen molar-refractivity contribution in [3.05, 3.63) is 52.0 Å². The van der Waals surface area contributed by atoms with Gasteiger partial charge in [-0.05, 0) is 24.3 Å². The second-order valence-corrected chi connectivity index (χ2v) is 6.82. The van der Waals surface area contributed by atoms with Crippen molar-refractivity contribution in [1.29, 1.82) is 0 Å². The minimum Gasteiger partial charge on any atom is -0.495 e. The van der Waals surface area contributed by atoms with E-state index < -0.39 is 15.9 Å². The Morgan fingerprint density at radius 1 is 1.13 bits per heavy atom. The maximum Gasteiger partial charge on any atom is 0.263 e. The van der Waals surface area contributed by atoms with Gasteiger partial charge in [-0.2, -0.15) is 0 Å². The minimum atomic E-state index is -4.08. The topological polar surface area (TPSA) is 98.5 Å². The summed E-state index contributed by atoms with van der Waals surface area (Å²) in [7, 11) is -2.70. The van der Waals surface area contributed by atoms with E-state index in [0.717, 1.165) is 0 Å². The van der Waals surface area contributed by atoms with Crippen molar-refractivity contribution in [3.63, 3.8) is 0 Å². The lowest BCUT2D eigenvalue weighted by Gasteiger charge is -2.13. The largest absolute Gasteiger partial charge is 0.495 e. The van der Waals surface area contributed by atoms with Gasteiger partial charge in [0.25, 0.3) is 15.9 Å². The number of nitrogens with two attached hydrogens (primary N) is 1. The zero-order valence-corrected chi connectivity index (χ0v) is 14.2. The maximum atomic E-state index is 12.5. The average Bonchev–Trinajstić information content (AvgIpc) is 2.49. The number of carbonyl (C=O) groups excluding carboxylic acids is 1. The van der Waals surface area contributed by atoms with E-state index in [9.17, 15) is 13.2 Å². The van der Waals surface area contributed by atoms with Crippen molar-refractivity contribution < 1.29 is 17.9 Å². The lowest BCUT2D eigenvalue weighted by molar-refractivity contribution is 0.100. The van der Waals surface area contributed by atoms with Crippen molar-refractivity contribution in [2.45, 2.75) is 4.90 Å². The molecule has 0 heterocycles. The first-order valence-electron chi connectivity index (χ1n) is 6.21. The maximum absolute atomic E-state index is 12.5. The van der Waals surface area contributed by atoms with Gasteiger partial charge < -0.3 is 10.5 Å². The zero-order chi connectivity index (χ0) is 17.2. The van der Waals surface area contributed by atoms with Gasteiger partial charge in [0.05, 0.1) is 23.4 Å². The van der Waals surface area contributed by atoms with Gasteiger partial charge in [-0.25, -0.2) is 8.42 Å². The first-order chi connectivity index (χ1) is 10.8. The number of para-hydroxylation sites is 1. The fraction of sp³-hybridized carbons (Fsp3) is 0.0714. The fourth-order valence-electron chi connectivity index (χ4n) is 1.87. The zero-order valence-electron chi connectivity index (χ0n) is 11.8. The quantitative estimate of drug-likeness (QED) is 0.840. The van der Waals surface area contributed by atoms with Gasteiger partial charge in [0.15, 0.2) is 0 Å². The molecule has 0 unspecified atom stereocenters. The van der Waals surface area contributed by atoms with Crippen LogP contribution in [-0.2, 0) is 10.0 Å². The molecular weight excluding hydrogens is 363 g/mol. The highest BCUT2D eigenvalue weighted by Crippen LogP contribution is 2.37. The van der Waals surface area contributed by atoms with Crippen molar-refractivity contribution in [3.8, 4) is 5.75 Å². The number of benzene rings is 2. The highest BCUT2D eigenvalue weighted by Gasteiger charge is 2.23. The smallest absolute Gasteiger partial charge is 0.263 e. The Bertz CT molecular complexity index is 869. The summed E-state index contributed by atoms with van der Waals surface area (Å²) in [6, 6.07) is 8.58. The SMILES string of the molecule is COc1ccc(S(=O)(=O)Nc2ccccc2C(N)=O)c(Cl)c1Cl. The standard InChI is InChI=1S/C14H12Cl2N2O4S/c1-22-10-6-7-11(13(16)12(10)15)23(20,21)18-9-5-3-2-4-8(9)14(17)19/h2-7,18H,1H3,(H2,17,19). The van der Waals surface area contributed by atoms with Crippen LogP contribution in [0.4, 0.5) is 5.69 Å². The summed E-state index contributed by atoms with van der Waals surface area (Å²) in [4.78, 5) is 11.1.